The molecule has 2 aromatic heterocycles. The number of imidazole rings is 1. The van der Waals surface area contributed by atoms with Crippen LogP contribution in [0.2, 0.25) is 5.02 Å². The third-order valence-electron chi connectivity index (χ3n) is 8.17. The second-order valence-corrected chi connectivity index (χ2v) is 12.7. The number of piperidine rings is 1. The number of nitrogens with one attached hydrogen (secondary N) is 1. The van der Waals surface area contributed by atoms with Crippen LogP contribution in [0, 0.1) is 18.8 Å². The quantitative estimate of drug-likeness (QED) is 0.257. The highest BCUT2D eigenvalue weighted by Gasteiger charge is 2.48. The SMILES string of the molecule is Cc1[nH]cnc1-c1ccc(N2C(=O)C3C[C@H](C)N(C(=O)c4ccc(Br)c(Cl)c4)CC3n3ncc(CC(C)C)c32)cc1. The molecule has 2 amide bonds. The van der Waals surface area contributed by atoms with Gasteiger partial charge in [-0.3, -0.25) is 14.5 Å². The average Bonchev–Trinajstić information content (AvgIpc) is 3.56. The normalized spacial score (nSPS) is 20.4. The number of aromatic nitrogens is 4. The van der Waals surface area contributed by atoms with Crippen LogP contribution < -0.4 is 4.90 Å². The number of benzene rings is 2. The number of carbonyl (C=O) groups is 2. The first-order valence-corrected chi connectivity index (χ1v) is 15.1. The average molecular weight is 636 g/mol. The van der Waals surface area contributed by atoms with Crippen LogP contribution in [0.5, 0.6) is 0 Å². The van der Waals surface area contributed by atoms with Gasteiger partial charge in [0, 0.05) is 39.4 Å². The number of nitrogens with zero attached hydrogens (tertiary/aromatic N) is 5. The summed E-state index contributed by atoms with van der Waals surface area (Å²) in [7, 11) is 0. The van der Waals surface area contributed by atoms with E-state index in [0.29, 0.717) is 29.5 Å². The van der Waals surface area contributed by atoms with Gasteiger partial charge in [-0.25, -0.2) is 9.67 Å². The van der Waals surface area contributed by atoms with Gasteiger partial charge < -0.3 is 9.88 Å². The van der Waals surface area contributed by atoms with Crippen LogP contribution in [-0.2, 0) is 11.2 Å². The van der Waals surface area contributed by atoms with Gasteiger partial charge in [0.2, 0.25) is 5.91 Å². The molecule has 6 rings (SSSR count). The molecular formula is C31H32BrClN6O2. The first-order valence-electron chi connectivity index (χ1n) is 13.9. The summed E-state index contributed by atoms with van der Waals surface area (Å²) < 4.78 is 2.72. The van der Waals surface area contributed by atoms with Crippen LogP contribution in [0.3, 0.4) is 0 Å². The molecule has 41 heavy (non-hydrogen) atoms. The monoisotopic (exact) mass is 634 g/mol. The molecule has 4 heterocycles. The highest BCUT2D eigenvalue weighted by Crippen LogP contribution is 2.45. The molecule has 0 saturated carbocycles. The lowest BCUT2D eigenvalue weighted by molar-refractivity contribution is -0.126. The van der Waals surface area contributed by atoms with Crippen molar-refractivity contribution in [2.45, 2.75) is 52.6 Å². The molecule has 1 saturated heterocycles. The molecule has 0 radical (unpaired) electrons. The van der Waals surface area contributed by atoms with Crippen molar-refractivity contribution in [2.75, 3.05) is 11.4 Å². The number of amides is 2. The minimum Gasteiger partial charge on any atom is -0.348 e. The molecule has 0 bridgehead atoms. The Morgan fingerprint density at radius 3 is 2.61 bits per heavy atom. The number of likely N-dealkylation sites (tertiary alicyclic amines) is 1. The fourth-order valence-corrected chi connectivity index (χ4v) is 6.58. The molecule has 2 aromatic carbocycles. The van der Waals surface area contributed by atoms with E-state index in [1.165, 1.54) is 0 Å². The number of carbonyl (C=O) groups excluding carboxylic acids is 2. The van der Waals surface area contributed by atoms with E-state index in [2.05, 4.69) is 39.7 Å². The maximum atomic E-state index is 14.3. The van der Waals surface area contributed by atoms with Crippen molar-refractivity contribution in [1.82, 2.24) is 24.6 Å². The number of anilines is 2. The van der Waals surface area contributed by atoms with Crippen LogP contribution in [0.1, 0.15) is 54.8 Å². The lowest BCUT2D eigenvalue weighted by atomic mass is 9.84. The number of H-pyrrole nitrogens is 1. The zero-order valence-electron chi connectivity index (χ0n) is 23.4. The summed E-state index contributed by atoms with van der Waals surface area (Å²) in [6.07, 6.45) is 4.90. The Labute approximate surface area is 252 Å². The Morgan fingerprint density at radius 1 is 1.20 bits per heavy atom. The predicted octanol–water partition coefficient (Wildman–Crippen LogP) is 6.97. The van der Waals surface area contributed by atoms with Crippen molar-refractivity contribution >= 4 is 50.9 Å². The maximum absolute atomic E-state index is 14.3. The zero-order chi connectivity index (χ0) is 29.0. The maximum Gasteiger partial charge on any atom is 0.254 e. The van der Waals surface area contributed by atoms with E-state index in [9.17, 15) is 9.59 Å². The second kappa shape index (κ2) is 10.8. The zero-order valence-corrected chi connectivity index (χ0v) is 25.8. The van der Waals surface area contributed by atoms with E-state index in [-0.39, 0.29) is 29.8 Å². The summed E-state index contributed by atoms with van der Waals surface area (Å²) in [6.45, 7) is 8.72. The molecular weight excluding hydrogens is 604 g/mol. The summed E-state index contributed by atoms with van der Waals surface area (Å²) in [5.41, 5.74) is 5.22. The van der Waals surface area contributed by atoms with Crippen molar-refractivity contribution in [1.29, 1.82) is 0 Å². The first-order chi connectivity index (χ1) is 19.6. The third-order valence-corrected chi connectivity index (χ3v) is 9.40. The van der Waals surface area contributed by atoms with Crippen LogP contribution in [0.4, 0.5) is 11.5 Å². The van der Waals surface area contributed by atoms with Crippen LogP contribution in [0.15, 0.2) is 59.5 Å². The van der Waals surface area contributed by atoms with Gasteiger partial charge in [0.25, 0.3) is 5.91 Å². The predicted molar refractivity (Wildman–Crippen MR) is 163 cm³/mol. The topological polar surface area (TPSA) is 87.1 Å². The summed E-state index contributed by atoms with van der Waals surface area (Å²) in [5, 5.41) is 5.32. The number of aromatic amines is 1. The Kier molecular flexibility index (Phi) is 7.28. The minimum atomic E-state index is -0.310. The van der Waals surface area contributed by atoms with Crippen LogP contribution in [0.25, 0.3) is 11.3 Å². The summed E-state index contributed by atoms with van der Waals surface area (Å²) in [6, 6.07) is 12.9. The van der Waals surface area contributed by atoms with Crippen molar-refractivity contribution in [3.63, 3.8) is 0 Å². The molecule has 2 aliphatic rings. The number of aryl methyl sites for hydroxylation is 1. The fraction of sp³-hybridized carbons (Fsp3) is 0.355. The molecule has 1 fully saturated rings. The van der Waals surface area contributed by atoms with Crippen molar-refractivity contribution in [3.8, 4) is 11.3 Å². The first kappa shape index (κ1) is 27.7. The smallest absolute Gasteiger partial charge is 0.254 e. The Bertz CT molecular complexity index is 1630. The second-order valence-electron chi connectivity index (χ2n) is 11.5. The Hall–Kier alpha value is -3.43. The van der Waals surface area contributed by atoms with Crippen molar-refractivity contribution < 1.29 is 9.59 Å². The van der Waals surface area contributed by atoms with Gasteiger partial charge in [-0.15, -0.1) is 0 Å². The number of fused-ring (bicyclic) bond motifs is 3. The molecule has 2 aliphatic heterocycles. The summed E-state index contributed by atoms with van der Waals surface area (Å²) >= 11 is 9.71. The third kappa shape index (κ3) is 4.89. The molecule has 1 N–H and O–H groups in total. The lowest BCUT2D eigenvalue weighted by Gasteiger charge is -2.47. The summed E-state index contributed by atoms with van der Waals surface area (Å²) in [4.78, 5) is 39.3. The minimum absolute atomic E-state index is 0.0438. The van der Waals surface area contributed by atoms with Gasteiger partial charge >= 0.3 is 0 Å². The Balaban J connectivity index is 1.38. The van der Waals surface area contributed by atoms with Crippen LogP contribution >= 0.6 is 27.5 Å². The van der Waals surface area contributed by atoms with E-state index < -0.39 is 0 Å². The van der Waals surface area contributed by atoms with E-state index in [0.717, 1.165) is 44.9 Å². The van der Waals surface area contributed by atoms with Gasteiger partial charge in [-0.05, 0) is 78.9 Å². The molecule has 0 spiro atoms. The van der Waals surface area contributed by atoms with Crippen LogP contribution in [-0.4, -0.2) is 49.0 Å². The van der Waals surface area contributed by atoms with Gasteiger partial charge in [0.1, 0.15) is 5.82 Å². The lowest BCUT2D eigenvalue weighted by Crippen LogP contribution is -2.56. The van der Waals surface area contributed by atoms with E-state index in [1.54, 1.807) is 24.5 Å². The fourth-order valence-electron chi connectivity index (χ4n) is 6.15. The van der Waals surface area contributed by atoms with Gasteiger partial charge in [-0.1, -0.05) is 37.6 Å². The van der Waals surface area contributed by atoms with Gasteiger partial charge in [0.05, 0.1) is 40.9 Å². The summed E-state index contributed by atoms with van der Waals surface area (Å²) in [5.74, 6) is 0.815. The molecule has 10 heteroatoms. The molecule has 212 valence electrons. The molecule has 4 aromatic rings. The number of halogens is 2. The number of rotatable bonds is 5. The van der Waals surface area contributed by atoms with Crippen molar-refractivity contribution in [2.24, 2.45) is 11.8 Å². The largest absolute Gasteiger partial charge is 0.348 e. The molecule has 2 unspecified atom stereocenters. The molecule has 0 aliphatic carbocycles. The highest BCUT2D eigenvalue weighted by atomic mass is 79.9. The van der Waals surface area contributed by atoms with Crippen molar-refractivity contribution in [3.05, 3.63) is 81.3 Å². The molecule has 8 nitrogen and oxygen atoms in total. The van der Waals surface area contributed by atoms with E-state index in [4.69, 9.17) is 16.7 Å². The number of hydrogen-bond donors (Lipinski definition) is 1. The Morgan fingerprint density at radius 2 is 1.95 bits per heavy atom. The van der Waals surface area contributed by atoms with Gasteiger partial charge in [-0.2, -0.15) is 5.10 Å². The highest BCUT2D eigenvalue weighted by molar-refractivity contribution is 9.10. The standard InChI is InChI=1S/C31H32BrClN6O2/c1-17(2)11-22-14-36-39-27-15-37(30(40)21-7-10-25(32)26(33)13-21)18(3)12-24(27)31(41)38(29(22)39)23-8-5-20(6-9-23)28-19(4)34-16-35-28/h5-10,13-14,16-18,24,27H,11-12,15H2,1-4H3,(H,34,35)/t18-,24?,27?/m0/s1. The number of hydrogen-bond acceptors (Lipinski definition) is 4. The van der Waals surface area contributed by atoms with E-state index in [1.807, 2.05) is 58.8 Å². The van der Waals surface area contributed by atoms with E-state index >= 15 is 0 Å². The molecule has 3 atom stereocenters. The van der Waals surface area contributed by atoms with Gasteiger partial charge in [0.15, 0.2) is 0 Å².